The second-order valence-corrected chi connectivity index (χ2v) is 10.3. The van der Waals surface area contributed by atoms with E-state index in [9.17, 15) is 5.11 Å². The van der Waals surface area contributed by atoms with Gasteiger partial charge in [0.1, 0.15) is 0 Å². The summed E-state index contributed by atoms with van der Waals surface area (Å²) >= 11 is 0. The number of fused-ring (bicyclic) bond motifs is 4. The average molecular weight is 434 g/mol. The maximum Gasteiger partial charge on any atom is 0.151 e. The Kier molecular flexibility index (Phi) is 5.37. The van der Waals surface area contributed by atoms with Crippen LogP contribution in [0, 0.1) is 19.3 Å². The molecule has 32 heavy (non-hydrogen) atoms. The first-order valence-electron chi connectivity index (χ1n) is 12.0. The van der Waals surface area contributed by atoms with E-state index in [0.29, 0.717) is 0 Å². The van der Waals surface area contributed by atoms with Crippen molar-refractivity contribution in [3.63, 3.8) is 0 Å². The number of aliphatic hydroxyl groups is 1. The molecule has 0 bridgehead atoms. The molecule has 5 heteroatoms. The van der Waals surface area contributed by atoms with Crippen molar-refractivity contribution in [2.75, 3.05) is 19.0 Å². The number of nitrogens with one attached hydrogen (secondary N) is 1. The van der Waals surface area contributed by atoms with Crippen LogP contribution in [0.1, 0.15) is 68.0 Å². The number of methoxy groups -OCH3 is 1. The van der Waals surface area contributed by atoms with Crippen LogP contribution in [0.25, 0.3) is 0 Å². The number of aliphatic hydroxyl groups excluding tert-OH is 1. The van der Waals surface area contributed by atoms with E-state index in [1.165, 1.54) is 11.1 Å². The van der Waals surface area contributed by atoms with Crippen LogP contribution < -0.4 is 5.32 Å². The van der Waals surface area contributed by atoms with Crippen molar-refractivity contribution in [2.45, 2.75) is 77.2 Å². The molecule has 1 saturated carbocycles. The minimum atomic E-state index is -0.187. The van der Waals surface area contributed by atoms with Gasteiger partial charge >= 0.3 is 0 Å². The molecule has 0 radical (unpaired) electrons. The maximum atomic E-state index is 10.5. The first-order chi connectivity index (χ1) is 15.3. The van der Waals surface area contributed by atoms with E-state index in [2.05, 4.69) is 40.4 Å². The summed E-state index contributed by atoms with van der Waals surface area (Å²) in [4.78, 5) is 9.07. The van der Waals surface area contributed by atoms with Crippen molar-refractivity contribution in [3.05, 3.63) is 58.1 Å². The van der Waals surface area contributed by atoms with Crippen LogP contribution in [-0.2, 0) is 16.6 Å². The number of ether oxygens (including phenoxy) is 1. The number of allylic oxidation sites excluding steroid dienone is 1. The van der Waals surface area contributed by atoms with E-state index in [1.807, 2.05) is 13.8 Å². The summed E-state index contributed by atoms with van der Waals surface area (Å²) in [6.07, 6.45) is 8.81. The van der Waals surface area contributed by atoms with E-state index in [0.717, 1.165) is 74.4 Å². The van der Waals surface area contributed by atoms with E-state index in [4.69, 9.17) is 4.74 Å². The molecule has 5 nitrogen and oxygen atoms in total. The van der Waals surface area contributed by atoms with Gasteiger partial charge in [0.2, 0.25) is 0 Å². The van der Waals surface area contributed by atoms with E-state index in [-0.39, 0.29) is 16.9 Å². The molecule has 0 spiro atoms. The highest BCUT2D eigenvalue weighted by Crippen LogP contribution is 2.61. The van der Waals surface area contributed by atoms with Crippen LogP contribution in [0.5, 0.6) is 0 Å². The molecule has 0 amide bonds. The molecule has 2 aromatic rings. The summed E-state index contributed by atoms with van der Waals surface area (Å²) < 4.78 is 5.59. The number of anilines is 2. The Morgan fingerprint density at radius 3 is 2.81 bits per heavy atom. The Bertz CT molecular complexity index is 1080. The second-order valence-electron chi connectivity index (χ2n) is 10.3. The van der Waals surface area contributed by atoms with E-state index >= 15 is 0 Å². The number of hydrogen-bond donors (Lipinski definition) is 2. The van der Waals surface area contributed by atoms with Crippen molar-refractivity contribution < 1.29 is 9.84 Å². The molecule has 1 aromatic heterocycles. The maximum absolute atomic E-state index is 10.5. The number of aromatic nitrogens is 2. The lowest BCUT2D eigenvalue weighted by Crippen LogP contribution is -2.41. The van der Waals surface area contributed by atoms with E-state index < -0.39 is 0 Å². The van der Waals surface area contributed by atoms with Gasteiger partial charge in [0.15, 0.2) is 5.82 Å². The van der Waals surface area contributed by atoms with Gasteiger partial charge in [-0.1, -0.05) is 24.1 Å². The van der Waals surface area contributed by atoms with Crippen molar-refractivity contribution in [1.82, 2.24) is 9.97 Å². The van der Waals surface area contributed by atoms with Crippen LogP contribution in [0.15, 0.2) is 35.5 Å². The highest BCUT2D eigenvalue weighted by atomic mass is 16.5. The van der Waals surface area contributed by atoms with Gasteiger partial charge in [-0.25, -0.2) is 4.98 Å². The van der Waals surface area contributed by atoms with Crippen LogP contribution in [0.4, 0.5) is 11.5 Å². The highest BCUT2D eigenvalue weighted by Gasteiger charge is 2.51. The molecule has 0 saturated heterocycles. The van der Waals surface area contributed by atoms with Crippen molar-refractivity contribution in [3.8, 4) is 0 Å². The van der Waals surface area contributed by atoms with Gasteiger partial charge in [-0.3, -0.25) is 4.98 Å². The van der Waals surface area contributed by atoms with Crippen molar-refractivity contribution in [1.29, 1.82) is 0 Å². The van der Waals surface area contributed by atoms with E-state index in [1.54, 1.807) is 24.5 Å². The summed E-state index contributed by atoms with van der Waals surface area (Å²) in [7, 11) is 1.80. The molecule has 0 aliphatic heterocycles. The summed E-state index contributed by atoms with van der Waals surface area (Å²) in [5, 5.41) is 14.0. The molecule has 170 valence electrons. The molecule has 1 heterocycles. The Morgan fingerprint density at radius 2 is 2.03 bits per heavy atom. The molecule has 1 aromatic carbocycles. The SMILES string of the molecule is COCC[C@@]12CC[C@@]3(C)C[C@H](O)CC3=C1CCc1cc(Nc3ncc(C)nc3C)ccc12. The lowest BCUT2D eigenvalue weighted by atomic mass is 9.54. The third-order valence-electron chi connectivity index (χ3n) is 8.23. The standard InChI is InChI=1S/C27H35N3O2/c1-17-16-28-25(18(2)29-17)30-20-6-8-22-19(13-20)5-7-23-24-14-21(31)15-26(24,3)9-10-27(22,23)11-12-32-4/h6,8,13,16,21,31H,5,7,9-12,14-15H2,1-4H3,(H,28,30)/t21-,26+,27-/m1/s1. The molecule has 2 N–H and O–H groups in total. The zero-order valence-electron chi connectivity index (χ0n) is 19.8. The van der Waals surface area contributed by atoms with Gasteiger partial charge in [-0.2, -0.15) is 0 Å². The Labute approximate surface area is 191 Å². The largest absolute Gasteiger partial charge is 0.393 e. The minimum Gasteiger partial charge on any atom is -0.393 e. The van der Waals surface area contributed by atoms with Crippen molar-refractivity contribution >= 4 is 11.5 Å². The predicted octanol–water partition coefficient (Wildman–Crippen LogP) is 5.31. The number of benzene rings is 1. The van der Waals surface area contributed by atoms with Gasteiger partial charge in [0.05, 0.1) is 23.7 Å². The molecular formula is C27H35N3O2. The summed E-state index contributed by atoms with van der Waals surface area (Å²) in [5.41, 5.74) is 9.17. The van der Waals surface area contributed by atoms with Crippen LogP contribution >= 0.6 is 0 Å². The van der Waals surface area contributed by atoms with Gasteiger partial charge in [0, 0.05) is 24.8 Å². The second kappa shape index (κ2) is 7.96. The number of aryl methyl sites for hydroxylation is 3. The fourth-order valence-electron chi connectivity index (χ4n) is 6.70. The molecule has 3 aliphatic carbocycles. The van der Waals surface area contributed by atoms with Gasteiger partial charge < -0.3 is 15.2 Å². The Morgan fingerprint density at radius 1 is 1.19 bits per heavy atom. The quantitative estimate of drug-likeness (QED) is 0.626. The van der Waals surface area contributed by atoms with Gasteiger partial charge in [0.25, 0.3) is 0 Å². The first-order valence-corrected chi connectivity index (χ1v) is 12.0. The molecular weight excluding hydrogens is 398 g/mol. The molecule has 1 fully saturated rings. The number of nitrogens with zero attached hydrogens (tertiary/aromatic N) is 2. The summed E-state index contributed by atoms with van der Waals surface area (Å²) in [6, 6.07) is 6.83. The van der Waals surface area contributed by atoms with Crippen molar-refractivity contribution in [2.24, 2.45) is 5.41 Å². The van der Waals surface area contributed by atoms with Gasteiger partial charge in [-0.05, 0) is 87.5 Å². The summed E-state index contributed by atoms with van der Waals surface area (Å²) in [6.45, 7) is 7.09. The topological polar surface area (TPSA) is 67.3 Å². The Hall–Kier alpha value is -2.24. The van der Waals surface area contributed by atoms with Crippen LogP contribution in [0.2, 0.25) is 0 Å². The lowest BCUT2D eigenvalue weighted by molar-refractivity contribution is 0.142. The number of hydrogen-bond acceptors (Lipinski definition) is 5. The summed E-state index contributed by atoms with van der Waals surface area (Å²) in [5.74, 6) is 0.816. The average Bonchev–Trinajstić information content (AvgIpc) is 3.08. The minimum absolute atomic E-state index is 0.0423. The van der Waals surface area contributed by atoms with Crippen LogP contribution in [0.3, 0.4) is 0 Å². The number of rotatable bonds is 5. The smallest absolute Gasteiger partial charge is 0.151 e. The molecule has 0 unspecified atom stereocenters. The zero-order chi connectivity index (χ0) is 22.5. The normalized spacial score (nSPS) is 28.8. The Balaban J connectivity index is 1.55. The monoisotopic (exact) mass is 433 g/mol. The zero-order valence-corrected chi connectivity index (χ0v) is 19.8. The third-order valence-corrected chi connectivity index (χ3v) is 8.23. The molecule has 3 atom stereocenters. The molecule has 3 aliphatic rings. The lowest BCUT2D eigenvalue weighted by Gasteiger charge is -2.50. The molecule has 5 rings (SSSR count). The fraction of sp³-hybridized carbons (Fsp3) is 0.556. The van der Waals surface area contributed by atoms with Crippen LogP contribution in [-0.4, -0.2) is 34.9 Å². The first kappa shape index (κ1) is 21.6. The highest BCUT2D eigenvalue weighted by molar-refractivity contribution is 5.62. The van der Waals surface area contributed by atoms with Gasteiger partial charge in [-0.15, -0.1) is 0 Å². The predicted molar refractivity (Wildman–Crippen MR) is 127 cm³/mol. The fourth-order valence-corrected chi connectivity index (χ4v) is 6.70. The third kappa shape index (κ3) is 3.46.